The third kappa shape index (κ3) is 3.93. The minimum absolute atomic E-state index is 0.0418. The van der Waals surface area contributed by atoms with Crippen molar-refractivity contribution < 1.29 is 9.53 Å². The summed E-state index contributed by atoms with van der Waals surface area (Å²) in [4.78, 5) is 12.1. The summed E-state index contributed by atoms with van der Waals surface area (Å²) in [5, 5.41) is 6.50. The number of nitrogens with one attached hydrogen (secondary N) is 2. The minimum atomic E-state index is 0.0418. The van der Waals surface area contributed by atoms with E-state index in [-0.39, 0.29) is 17.6 Å². The molecule has 1 amide bonds. The number of carbonyl (C=O) groups excluding carboxylic acids is 1. The fourth-order valence-electron chi connectivity index (χ4n) is 3.40. The van der Waals surface area contributed by atoms with Crippen molar-refractivity contribution in [2.24, 2.45) is 5.92 Å². The molecule has 1 saturated carbocycles. The summed E-state index contributed by atoms with van der Waals surface area (Å²) in [7, 11) is 1.99. The van der Waals surface area contributed by atoms with Gasteiger partial charge in [0.1, 0.15) is 0 Å². The molecule has 0 aromatic rings. The second-order valence-electron chi connectivity index (χ2n) is 6.20. The van der Waals surface area contributed by atoms with E-state index in [4.69, 9.17) is 4.74 Å². The van der Waals surface area contributed by atoms with Crippen LogP contribution in [0, 0.1) is 5.92 Å². The van der Waals surface area contributed by atoms with Crippen LogP contribution in [0.5, 0.6) is 0 Å². The average Bonchev–Trinajstić information content (AvgIpc) is 2.83. The lowest BCUT2D eigenvalue weighted by molar-refractivity contribution is -0.123. The number of rotatable bonds is 5. The highest BCUT2D eigenvalue weighted by Gasteiger charge is 2.33. The van der Waals surface area contributed by atoms with Crippen molar-refractivity contribution in [2.45, 2.75) is 63.5 Å². The van der Waals surface area contributed by atoms with Gasteiger partial charge in [-0.05, 0) is 33.2 Å². The van der Waals surface area contributed by atoms with E-state index in [1.54, 1.807) is 0 Å². The molecule has 4 nitrogen and oxygen atoms in total. The summed E-state index contributed by atoms with van der Waals surface area (Å²) in [5.41, 5.74) is 0.0418. The normalized spacial score (nSPS) is 30.2. The van der Waals surface area contributed by atoms with E-state index in [2.05, 4.69) is 17.6 Å². The summed E-state index contributed by atoms with van der Waals surface area (Å²) < 4.78 is 5.53. The summed E-state index contributed by atoms with van der Waals surface area (Å²) in [6.45, 7) is 3.70. The lowest BCUT2D eigenvalue weighted by Crippen LogP contribution is -2.48. The van der Waals surface area contributed by atoms with Crippen LogP contribution in [0.25, 0.3) is 0 Å². The van der Waals surface area contributed by atoms with Gasteiger partial charge < -0.3 is 15.4 Å². The third-order valence-electron chi connectivity index (χ3n) is 4.93. The van der Waals surface area contributed by atoms with Gasteiger partial charge in [-0.1, -0.05) is 19.3 Å². The summed E-state index contributed by atoms with van der Waals surface area (Å²) in [5.74, 6) is 0.677. The van der Waals surface area contributed by atoms with Crippen molar-refractivity contribution in [2.75, 3.05) is 20.2 Å². The molecule has 1 aliphatic carbocycles. The predicted octanol–water partition coefficient (Wildman–Crippen LogP) is 1.84. The maximum atomic E-state index is 12.1. The van der Waals surface area contributed by atoms with Gasteiger partial charge in [-0.3, -0.25) is 4.79 Å². The van der Waals surface area contributed by atoms with Gasteiger partial charge >= 0.3 is 0 Å². The maximum absolute atomic E-state index is 12.1. The SMILES string of the molecule is CNC1(CC(=O)NCC2CCOC2C)CCCCC1. The van der Waals surface area contributed by atoms with Crippen molar-refractivity contribution in [3.05, 3.63) is 0 Å². The Morgan fingerprint density at radius 2 is 2.05 bits per heavy atom. The molecule has 0 bridgehead atoms. The molecular formula is C15H28N2O2. The lowest BCUT2D eigenvalue weighted by atomic mass is 9.79. The number of amides is 1. The highest BCUT2D eigenvalue weighted by molar-refractivity contribution is 5.77. The Kier molecular flexibility index (Phi) is 5.22. The minimum Gasteiger partial charge on any atom is -0.378 e. The Balaban J connectivity index is 1.76. The Hall–Kier alpha value is -0.610. The van der Waals surface area contributed by atoms with Crippen molar-refractivity contribution >= 4 is 5.91 Å². The van der Waals surface area contributed by atoms with Crippen LogP contribution >= 0.6 is 0 Å². The zero-order chi connectivity index (χ0) is 13.7. The number of carbonyl (C=O) groups is 1. The molecule has 2 unspecified atom stereocenters. The molecule has 1 heterocycles. The van der Waals surface area contributed by atoms with E-state index in [9.17, 15) is 4.79 Å². The van der Waals surface area contributed by atoms with Gasteiger partial charge in [0.05, 0.1) is 6.10 Å². The van der Waals surface area contributed by atoms with Gasteiger partial charge in [0.2, 0.25) is 5.91 Å². The van der Waals surface area contributed by atoms with Crippen molar-refractivity contribution in [3.63, 3.8) is 0 Å². The summed E-state index contributed by atoms with van der Waals surface area (Å²) in [6, 6.07) is 0. The first-order valence-corrected chi connectivity index (χ1v) is 7.72. The zero-order valence-corrected chi connectivity index (χ0v) is 12.3. The molecule has 0 radical (unpaired) electrons. The summed E-state index contributed by atoms with van der Waals surface area (Å²) in [6.07, 6.45) is 8.00. The van der Waals surface area contributed by atoms with Gasteiger partial charge in [0.15, 0.2) is 0 Å². The quantitative estimate of drug-likeness (QED) is 0.800. The first-order chi connectivity index (χ1) is 9.15. The summed E-state index contributed by atoms with van der Waals surface area (Å²) >= 11 is 0. The molecule has 1 aliphatic heterocycles. The predicted molar refractivity (Wildman–Crippen MR) is 76.0 cm³/mol. The van der Waals surface area contributed by atoms with E-state index in [0.29, 0.717) is 12.3 Å². The zero-order valence-electron chi connectivity index (χ0n) is 12.3. The van der Waals surface area contributed by atoms with Gasteiger partial charge in [0.25, 0.3) is 0 Å². The molecule has 2 fully saturated rings. The second kappa shape index (κ2) is 6.71. The Bertz CT molecular complexity index is 301. The van der Waals surface area contributed by atoms with Crippen LogP contribution in [-0.2, 0) is 9.53 Å². The second-order valence-corrected chi connectivity index (χ2v) is 6.20. The van der Waals surface area contributed by atoms with Crippen LogP contribution in [0.2, 0.25) is 0 Å². The monoisotopic (exact) mass is 268 g/mol. The van der Waals surface area contributed by atoms with Crippen molar-refractivity contribution in [1.29, 1.82) is 0 Å². The van der Waals surface area contributed by atoms with Crippen LogP contribution in [0.3, 0.4) is 0 Å². The topological polar surface area (TPSA) is 50.4 Å². The van der Waals surface area contributed by atoms with E-state index < -0.39 is 0 Å². The molecule has 19 heavy (non-hydrogen) atoms. The largest absolute Gasteiger partial charge is 0.378 e. The van der Waals surface area contributed by atoms with Gasteiger partial charge in [-0.2, -0.15) is 0 Å². The Labute approximate surface area is 116 Å². The van der Waals surface area contributed by atoms with Crippen LogP contribution in [0.15, 0.2) is 0 Å². The van der Waals surface area contributed by atoms with Crippen LogP contribution in [0.1, 0.15) is 51.9 Å². The smallest absolute Gasteiger partial charge is 0.221 e. The number of hydrogen-bond donors (Lipinski definition) is 2. The van der Waals surface area contributed by atoms with Crippen LogP contribution in [-0.4, -0.2) is 37.7 Å². The molecule has 0 aromatic heterocycles. The van der Waals surface area contributed by atoms with Gasteiger partial charge in [0, 0.05) is 31.0 Å². The first kappa shape index (κ1) is 14.8. The van der Waals surface area contributed by atoms with E-state index in [1.165, 1.54) is 19.3 Å². The Morgan fingerprint density at radius 3 is 2.63 bits per heavy atom. The molecular weight excluding hydrogens is 240 g/mol. The highest BCUT2D eigenvalue weighted by Crippen LogP contribution is 2.30. The number of ether oxygens (including phenoxy) is 1. The number of hydrogen-bond acceptors (Lipinski definition) is 3. The molecule has 110 valence electrons. The van der Waals surface area contributed by atoms with Gasteiger partial charge in [-0.15, -0.1) is 0 Å². The lowest BCUT2D eigenvalue weighted by Gasteiger charge is -2.36. The molecule has 4 heteroatoms. The molecule has 2 aliphatic rings. The van der Waals surface area contributed by atoms with E-state index in [1.807, 2.05) is 7.05 Å². The van der Waals surface area contributed by atoms with E-state index >= 15 is 0 Å². The Morgan fingerprint density at radius 1 is 1.32 bits per heavy atom. The van der Waals surface area contributed by atoms with Crippen molar-refractivity contribution in [3.8, 4) is 0 Å². The molecule has 2 rings (SSSR count). The highest BCUT2D eigenvalue weighted by atomic mass is 16.5. The third-order valence-corrected chi connectivity index (χ3v) is 4.93. The van der Waals surface area contributed by atoms with Gasteiger partial charge in [-0.25, -0.2) is 0 Å². The molecule has 2 atom stereocenters. The average molecular weight is 268 g/mol. The fourth-order valence-corrected chi connectivity index (χ4v) is 3.40. The molecule has 2 N–H and O–H groups in total. The maximum Gasteiger partial charge on any atom is 0.221 e. The molecule has 0 aromatic carbocycles. The van der Waals surface area contributed by atoms with Crippen LogP contribution < -0.4 is 10.6 Å². The van der Waals surface area contributed by atoms with Crippen molar-refractivity contribution in [1.82, 2.24) is 10.6 Å². The fraction of sp³-hybridized carbons (Fsp3) is 0.933. The van der Waals surface area contributed by atoms with Crippen LogP contribution in [0.4, 0.5) is 0 Å². The first-order valence-electron chi connectivity index (χ1n) is 7.72. The molecule has 1 saturated heterocycles. The molecule has 0 spiro atoms. The van der Waals surface area contributed by atoms with E-state index in [0.717, 1.165) is 32.4 Å². The standard InChI is InChI=1S/C15H28N2O2/c1-12-13(6-9-19-12)11-17-14(18)10-15(16-2)7-4-3-5-8-15/h12-13,16H,3-11H2,1-2H3,(H,17,18).